The first-order valence-corrected chi connectivity index (χ1v) is 12.2. The SMILES string of the molecule is CN(C)c1ccc(C(CNC(=O)c2ccccc2Br)N2CCN(c3ccccc3)CC2)cc1. The van der Waals surface area contributed by atoms with Crippen LogP contribution >= 0.6 is 15.9 Å². The first-order valence-electron chi connectivity index (χ1n) is 11.4. The molecule has 1 fully saturated rings. The number of hydrogen-bond donors (Lipinski definition) is 1. The fraction of sp³-hybridized carbons (Fsp3) is 0.296. The molecular weight excluding hydrogens is 476 g/mol. The lowest BCUT2D eigenvalue weighted by atomic mass is 10.0. The second kappa shape index (κ2) is 10.9. The minimum Gasteiger partial charge on any atom is -0.378 e. The Morgan fingerprint density at radius 2 is 1.55 bits per heavy atom. The van der Waals surface area contributed by atoms with Crippen molar-refractivity contribution in [3.63, 3.8) is 0 Å². The van der Waals surface area contributed by atoms with Crippen molar-refractivity contribution in [2.24, 2.45) is 0 Å². The van der Waals surface area contributed by atoms with E-state index in [0.717, 1.165) is 30.7 Å². The van der Waals surface area contributed by atoms with E-state index in [1.54, 1.807) is 0 Å². The molecule has 6 heteroatoms. The summed E-state index contributed by atoms with van der Waals surface area (Å²) in [6.45, 7) is 4.38. The largest absolute Gasteiger partial charge is 0.378 e. The Morgan fingerprint density at radius 3 is 2.18 bits per heavy atom. The van der Waals surface area contributed by atoms with E-state index in [-0.39, 0.29) is 11.9 Å². The van der Waals surface area contributed by atoms with Gasteiger partial charge in [0.25, 0.3) is 5.91 Å². The quantitative estimate of drug-likeness (QED) is 0.499. The molecule has 1 atom stereocenters. The summed E-state index contributed by atoms with van der Waals surface area (Å²) >= 11 is 3.49. The second-order valence-corrected chi connectivity index (χ2v) is 9.40. The highest BCUT2D eigenvalue weighted by Gasteiger charge is 2.26. The zero-order valence-electron chi connectivity index (χ0n) is 19.2. The maximum absolute atomic E-state index is 12.9. The fourth-order valence-corrected chi connectivity index (χ4v) is 4.78. The summed E-state index contributed by atoms with van der Waals surface area (Å²) in [5.74, 6) is -0.0553. The molecule has 3 aromatic carbocycles. The van der Waals surface area contributed by atoms with Crippen LogP contribution in [0, 0.1) is 0 Å². The summed E-state index contributed by atoms with van der Waals surface area (Å²) < 4.78 is 0.811. The lowest BCUT2D eigenvalue weighted by molar-refractivity contribution is 0.0929. The van der Waals surface area contributed by atoms with Crippen LogP contribution in [-0.2, 0) is 0 Å². The van der Waals surface area contributed by atoms with Gasteiger partial charge in [-0.2, -0.15) is 0 Å². The molecule has 1 heterocycles. The number of carbonyl (C=O) groups is 1. The summed E-state index contributed by atoms with van der Waals surface area (Å²) in [6, 6.07) is 26.9. The maximum atomic E-state index is 12.9. The normalized spacial score (nSPS) is 15.2. The predicted molar refractivity (Wildman–Crippen MR) is 140 cm³/mol. The number of hydrogen-bond acceptors (Lipinski definition) is 4. The molecule has 4 rings (SSSR count). The van der Waals surface area contributed by atoms with Crippen LogP contribution in [0.1, 0.15) is 22.0 Å². The topological polar surface area (TPSA) is 38.8 Å². The van der Waals surface area contributed by atoms with Crippen molar-refractivity contribution in [3.05, 3.63) is 94.5 Å². The van der Waals surface area contributed by atoms with Crippen LogP contribution in [0.3, 0.4) is 0 Å². The number of benzene rings is 3. The van der Waals surface area contributed by atoms with E-state index in [1.165, 1.54) is 16.9 Å². The molecule has 1 aliphatic heterocycles. The van der Waals surface area contributed by atoms with Gasteiger partial charge in [0.15, 0.2) is 0 Å². The van der Waals surface area contributed by atoms with Crippen molar-refractivity contribution in [1.29, 1.82) is 0 Å². The summed E-state index contributed by atoms with van der Waals surface area (Å²) in [5.41, 5.74) is 4.32. The molecule has 0 aliphatic carbocycles. The molecule has 0 bridgehead atoms. The van der Waals surface area contributed by atoms with Crippen LogP contribution in [0.2, 0.25) is 0 Å². The van der Waals surface area contributed by atoms with E-state index in [1.807, 2.05) is 38.4 Å². The molecule has 5 nitrogen and oxygen atoms in total. The number of halogens is 1. The Hall–Kier alpha value is -2.83. The average molecular weight is 507 g/mol. The molecule has 3 aromatic rings. The Bertz CT molecular complexity index is 1050. The van der Waals surface area contributed by atoms with Gasteiger partial charge < -0.3 is 15.1 Å². The van der Waals surface area contributed by atoms with E-state index in [2.05, 4.69) is 90.5 Å². The number of carbonyl (C=O) groups excluding carboxylic acids is 1. The summed E-state index contributed by atoms with van der Waals surface area (Å²) in [4.78, 5) is 19.9. The van der Waals surface area contributed by atoms with Gasteiger partial charge in [-0.3, -0.25) is 9.69 Å². The summed E-state index contributed by atoms with van der Waals surface area (Å²) in [5, 5.41) is 3.18. The molecule has 0 saturated carbocycles. The average Bonchev–Trinajstić information content (AvgIpc) is 2.85. The highest BCUT2D eigenvalue weighted by atomic mass is 79.9. The smallest absolute Gasteiger partial charge is 0.252 e. The summed E-state index contributed by atoms with van der Waals surface area (Å²) in [6.07, 6.45) is 0. The van der Waals surface area contributed by atoms with Gasteiger partial charge in [0.2, 0.25) is 0 Å². The van der Waals surface area contributed by atoms with Crippen LogP contribution in [0.4, 0.5) is 11.4 Å². The minimum atomic E-state index is -0.0553. The van der Waals surface area contributed by atoms with Gasteiger partial charge in [-0.15, -0.1) is 0 Å². The predicted octanol–water partition coefficient (Wildman–Crippen LogP) is 4.81. The first-order chi connectivity index (χ1) is 16.0. The molecule has 33 heavy (non-hydrogen) atoms. The highest BCUT2D eigenvalue weighted by molar-refractivity contribution is 9.10. The van der Waals surface area contributed by atoms with Crippen molar-refractivity contribution in [2.75, 3.05) is 56.6 Å². The Kier molecular flexibility index (Phi) is 7.68. The maximum Gasteiger partial charge on any atom is 0.252 e. The number of nitrogens with zero attached hydrogens (tertiary/aromatic N) is 3. The van der Waals surface area contributed by atoms with Gasteiger partial charge in [-0.05, 0) is 57.9 Å². The zero-order valence-corrected chi connectivity index (χ0v) is 20.8. The third-order valence-corrected chi connectivity index (χ3v) is 6.94. The fourth-order valence-electron chi connectivity index (χ4n) is 4.31. The van der Waals surface area contributed by atoms with Crippen molar-refractivity contribution in [2.45, 2.75) is 6.04 Å². The molecule has 1 unspecified atom stereocenters. The van der Waals surface area contributed by atoms with Crippen molar-refractivity contribution >= 4 is 33.2 Å². The van der Waals surface area contributed by atoms with Gasteiger partial charge >= 0.3 is 0 Å². The van der Waals surface area contributed by atoms with Gasteiger partial charge in [0.1, 0.15) is 0 Å². The monoisotopic (exact) mass is 506 g/mol. The first kappa shape index (κ1) is 23.3. The van der Waals surface area contributed by atoms with Crippen molar-refractivity contribution in [3.8, 4) is 0 Å². The van der Waals surface area contributed by atoms with Gasteiger partial charge in [-0.25, -0.2) is 0 Å². The van der Waals surface area contributed by atoms with E-state index in [9.17, 15) is 4.79 Å². The number of nitrogens with one attached hydrogen (secondary N) is 1. The van der Waals surface area contributed by atoms with E-state index in [4.69, 9.17) is 0 Å². The molecule has 0 spiro atoms. The van der Waals surface area contributed by atoms with Crippen LogP contribution in [0.25, 0.3) is 0 Å². The highest BCUT2D eigenvalue weighted by Crippen LogP contribution is 2.26. The van der Waals surface area contributed by atoms with Crippen LogP contribution in [0.15, 0.2) is 83.3 Å². The van der Waals surface area contributed by atoms with E-state index in [0.29, 0.717) is 12.1 Å². The van der Waals surface area contributed by atoms with Gasteiger partial charge in [0.05, 0.1) is 11.6 Å². The Morgan fingerprint density at radius 1 is 0.909 bits per heavy atom. The lowest BCUT2D eigenvalue weighted by Crippen LogP contribution is -2.50. The minimum absolute atomic E-state index is 0.0553. The molecule has 0 aromatic heterocycles. The van der Waals surface area contributed by atoms with Crippen LogP contribution in [0.5, 0.6) is 0 Å². The van der Waals surface area contributed by atoms with E-state index >= 15 is 0 Å². The lowest BCUT2D eigenvalue weighted by Gasteiger charge is -2.40. The molecule has 1 aliphatic rings. The van der Waals surface area contributed by atoms with Gasteiger partial charge in [-0.1, -0.05) is 42.5 Å². The Balaban J connectivity index is 1.49. The molecule has 172 valence electrons. The third kappa shape index (κ3) is 5.75. The standard InChI is InChI=1S/C27H31BrN4O/c1-30(2)22-14-12-21(13-15-22)26(20-29-27(33)24-10-6-7-11-25(24)28)32-18-16-31(17-19-32)23-8-4-3-5-9-23/h3-15,26H,16-20H2,1-2H3,(H,29,33). The molecule has 0 radical (unpaired) electrons. The summed E-state index contributed by atoms with van der Waals surface area (Å²) in [7, 11) is 4.10. The second-order valence-electron chi connectivity index (χ2n) is 8.55. The third-order valence-electron chi connectivity index (χ3n) is 6.25. The molecule has 1 N–H and O–H groups in total. The number of amides is 1. The number of rotatable bonds is 7. The van der Waals surface area contributed by atoms with Gasteiger partial charge in [0, 0.05) is 62.7 Å². The molecule has 1 saturated heterocycles. The number of anilines is 2. The van der Waals surface area contributed by atoms with Crippen molar-refractivity contribution in [1.82, 2.24) is 10.2 Å². The number of piperazine rings is 1. The van der Waals surface area contributed by atoms with Crippen molar-refractivity contribution < 1.29 is 4.79 Å². The molecular formula is C27H31BrN4O. The number of para-hydroxylation sites is 1. The molecule has 1 amide bonds. The Labute approximate surface area is 205 Å². The van der Waals surface area contributed by atoms with Crippen LogP contribution in [-0.4, -0.2) is 57.6 Å². The van der Waals surface area contributed by atoms with Crippen LogP contribution < -0.4 is 15.1 Å². The van der Waals surface area contributed by atoms with E-state index < -0.39 is 0 Å². The zero-order chi connectivity index (χ0) is 23.2.